The number of nitrogens with zero attached hydrogens (tertiary/aromatic N) is 3. The number of aliphatic hydroxyl groups is 2. The summed E-state index contributed by atoms with van der Waals surface area (Å²) in [6, 6.07) is 5.42. The molecule has 2 aromatic rings. The van der Waals surface area contributed by atoms with E-state index in [0.29, 0.717) is 10.9 Å². The summed E-state index contributed by atoms with van der Waals surface area (Å²) >= 11 is 0. The second kappa shape index (κ2) is 6.93. The van der Waals surface area contributed by atoms with Crippen molar-refractivity contribution in [2.75, 3.05) is 6.54 Å². The fourth-order valence-electron chi connectivity index (χ4n) is 2.09. The summed E-state index contributed by atoms with van der Waals surface area (Å²) in [5.41, 5.74) is 7.17. The van der Waals surface area contributed by atoms with E-state index in [-0.39, 0.29) is 18.5 Å². The van der Waals surface area contributed by atoms with Gasteiger partial charge in [-0.25, -0.2) is 9.59 Å². The summed E-state index contributed by atoms with van der Waals surface area (Å²) in [6.45, 7) is 0.0281. The van der Waals surface area contributed by atoms with Gasteiger partial charge in [-0.05, 0) is 35.7 Å². The minimum atomic E-state index is -1.42. The SMILES string of the molecule is [N-]=[N+]=NCCC(O)C(O)c1ccc2oc(=O)c(C(=O)O)cc2c1. The first-order chi connectivity index (χ1) is 10.9. The number of carboxylic acid groups (broad SMARTS) is 1. The maximum atomic E-state index is 11.5. The zero-order valence-electron chi connectivity index (χ0n) is 11.8. The molecule has 1 aromatic carbocycles. The minimum Gasteiger partial charge on any atom is -0.477 e. The number of fused-ring (bicyclic) bond motifs is 1. The summed E-state index contributed by atoms with van der Waals surface area (Å²) in [6.07, 6.45) is -2.35. The molecule has 120 valence electrons. The van der Waals surface area contributed by atoms with Gasteiger partial charge in [0.25, 0.3) is 0 Å². The number of benzene rings is 1. The smallest absolute Gasteiger partial charge is 0.351 e. The Hall–Kier alpha value is -2.87. The monoisotopic (exact) mass is 319 g/mol. The Bertz CT molecular complexity index is 840. The van der Waals surface area contributed by atoms with Gasteiger partial charge in [0.05, 0.1) is 6.10 Å². The van der Waals surface area contributed by atoms with Gasteiger partial charge in [0.1, 0.15) is 17.3 Å². The highest BCUT2D eigenvalue weighted by Crippen LogP contribution is 2.23. The molecule has 0 aliphatic carbocycles. The van der Waals surface area contributed by atoms with E-state index < -0.39 is 29.4 Å². The van der Waals surface area contributed by atoms with Crippen molar-refractivity contribution in [3.05, 3.63) is 56.3 Å². The highest BCUT2D eigenvalue weighted by Gasteiger charge is 2.19. The van der Waals surface area contributed by atoms with E-state index in [0.717, 1.165) is 6.07 Å². The number of aromatic carboxylic acids is 1. The highest BCUT2D eigenvalue weighted by atomic mass is 16.4. The van der Waals surface area contributed by atoms with Crippen molar-refractivity contribution in [3.63, 3.8) is 0 Å². The number of hydrogen-bond acceptors (Lipinski definition) is 6. The topological polar surface area (TPSA) is 157 Å². The fraction of sp³-hybridized carbons (Fsp3) is 0.286. The molecule has 0 saturated heterocycles. The van der Waals surface area contributed by atoms with E-state index in [2.05, 4.69) is 10.0 Å². The normalized spacial score (nSPS) is 13.3. The summed E-state index contributed by atoms with van der Waals surface area (Å²) in [4.78, 5) is 25.0. The number of azide groups is 1. The number of aliphatic hydroxyl groups excluding tert-OH is 2. The lowest BCUT2D eigenvalue weighted by Gasteiger charge is -2.17. The lowest BCUT2D eigenvalue weighted by atomic mass is 10.0. The van der Waals surface area contributed by atoms with E-state index in [4.69, 9.17) is 15.1 Å². The molecule has 2 atom stereocenters. The van der Waals surface area contributed by atoms with Crippen LogP contribution >= 0.6 is 0 Å². The van der Waals surface area contributed by atoms with E-state index in [1.54, 1.807) is 0 Å². The van der Waals surface area contributed by atoms with Crippen LogP contribution in [0.15, 0.2) is 38.6 Å². The fourth-order valence-corrected chi connectivity index (χ4v) is 2.09. The van der Waals surface area contributed by atoms with Gasteiger partial charge in [-0.3, -0.25) is 0 Å². The van der Waals surface area contributed by atoms with Crippen molar-refractivity contribution >= 4 is 16.9 Å². The second-order valence-electron chi connectivity index (χ2n) is 4.81. The summed E-state index contributed by atoms with van der Waals surface area (Å²) in [5.74, 6) is -1.42. The van der Waals surface area contributed by atoms with Crippen LogP contribution in [-0.4, -0.2) is 33.9 Å². The van der Waals surface area contributed by atoms with Gasteiger partial charge in [-0.1, -0.05) is 11.2 Å². The standard InChI is InChI=1S/C14H13N3O6/c15-17-16-4-3-10(18)12(19)7-1-2-11-8(5-7)6-9(13(20)21)14(22)23-11/h1-2,5-6,10,12,18-19H,3-4H2,(H,20,21). The Morgan fingerprint density at radius 1 is 1.35 bits per heavy atom. The Balaban J connectivity index is 2.35. The average Bonchev–Trinajstić information content (AvgIpc) is 2.53. The first-order valence-corrected chi connectivity index (χ1v) is 6.62. The van der Waals surface area contributed by atoms with Crippen LogP contribution < -0.4 is 5.63 Å². The average molecular weight is 319 g/mol. The third-order valence-electron chi connectivity index (χ3n) is 3.28. The molecule has 1 heterocycles. The lowest BCUT2D eigenvalue weighted by molar-refractivity contribution is 0.0151. The van der Waals surface area contributed by atoms with Gasteiger partial charge in [0, 0.05) is 16.8 Å². The molecule has 0 bridgehead atoms. The van der Waals surface area contributed by atoms with E-state index in [1.165, 1.54) is 18.2 Å². The Morgan fingerprint density at radius 2 is 2.09 bits per heavy atom. The molecule has 0 saturated carbocycles. The molecular formula is C14H13N3O6. The maximum Gasteiger partial charge on any atom is 0.351 e. The number of carbonyl (C=O) groups is 1. The largest absolute Gasteiger partial charge is 0.477 e. The second-order valence-corrected chi connectivity index (χ2v) is 4.81. The number of rotatable bonds is 6. The van der Waals surface area contributed by atoms with Crippen LogP contribution in [0.3, 0.4) is 0 Å². The maximum absolute atomic E-state index is 11.5. The van der Waals surface area contributed by atoms with Gasteiger partial charge in [0.2, 0.25) is 0 Å². The van der Waals surface area contributed by atoms with Crippen molar-refractivity contribution in [2.45, 2.75) is 18.6 Å². The molecule has 9 nitrogen and oxygen atoms in total. The summed E-state index contributed by atoms with van der Waals surface area (Å²) in [7, 11) is 0. The number of carboxylic acids is 1. The Morgan fingerprint density at radius 3 is 2.74 bits per heavy atom. The Labute approximate surface area is 129 Å². The van der Waals surface area contributed by atoms with Crippen LogP contribution in [0, 0.1) is 0 Å². The van der Waals surface area contributed by atoms with Crippen molar-refractivity contribution in [1.29, 1.82) is 0 Å². The first-order valence-electron chi connectivity index (χ1n) is 6.62. The molecule has 2 rings (SSSR count). The quantitative estimate of drug-likeness (QED) is 0.317. The van der Waals surface area contributed by atoms with Crippen LogP contribution in [0.2, 0.25) is 0 Å². The molecule has 0 spiro atoms. The zero-order chi connectivity index (χ0) is 17.0. The highest BCUT2D eigenvalue weighted by molar-refractivity contribution is 5.91. The predicted octanol–water partition coefficient (Wildman–Crippen LogP) is 1.59. The van der Waals surface area contributed by atoms with E-state index >= 15 is 0 Å². The number of hydrogen-bond donors (Lipinski definition) is 3. The third-order valence-corrected chi connectivity index (χ3v) is 3.28. The molecule has 23 heavy (non-hydrogen) atoms. The van der Waals surface area contributed by atoms with Gasteiger partial charge in [0.15, 0.2) is 0 Å². The van der Waals surface area contributed by atoms with Crippen LogP contribution in [-0.2, 0) is 0 Å². The molecule has 1 aromatic heterocycles. The summed E-state index contributed by atoms with van der Waals surface area (Å²) in [5, 5.41) is 32.4. The predicted molar refractivity (Wildman–Crippen MR) is 79.0 cm³/mol. The Kier molecular flexibility index (Phi) is 4.97. The van der Waals surface area contributed by atoms with Crippen molar-refractivity contribution in [3.8, 4) is 0 Å². The molecule has 3 N–H and O–H groups in total. The molecule has 0 radical (unpaired) electrons. The van der Waals surface area contributed by atoms with E-state index in [1.807, 2.05) is 0 Å². The van der Waals surface area contributed by atoms with E-state index in [9.17, 15) is 19.8 Å². The van der Waals surface area contributed by atoms with Gasteiger partial charge in [-0.15, -0.1) is 0 Å². The first kappa shape index (κ1) is 16.5. The molecule has 9 heteroatoms. The van der Waals surface area contributed by atoms with Crippen LogP contribution in [0.1, 0.15) is 28.4 Å². The third kappa shape index (κ3) is 3.67. The molecule has 0 aliphatic rings. The van der Waals surface area contributed by atoms with Crippen molar-refractivity contribution in [1.82, 2.24) is 0 Å². The van der Waals surface area contributed by atoms with Gasteiger partial charge in [-0.2, -0.15) is 0 Å². The molecule has 2 unspecified atom stereocenters. The summed E-state index contributed by atoms with van der Waals surface area (Å²) < 4.78 is 4.89. The zero-order valence-corrected chi connectivity index (χ0v) is 11.8. The van der Waals surface area contributed by atoms with Crippen molar-refractivity contribution in [2.24, 2.45) is 5.11 Å². The van der Waals surface area contributed by atoms with Crippen LogP contribution in [0.5, 0.6) is 0 Å². The lowest BCUT2D eigenvalue weighted by Crippen LogP contribution is -2.19. The molecule has 0 fully saturated rings. The minimum absolute atomic E-state index is 0.0281. The molecule has 0 aliphatic heterocycles. The molecular weight excluding hydrogens is 306 g/mol. The van der Waals surface area contributed by atoms with Crippen LogP contribution in [0.4, 0.5) is 0 Å². The van der Waals surface area contributed by atoms with Crippen molar-refractivity contribution < 1.29 is 24.5 Å². The molecule has 0 amide bonds. The van der Waals surface area contributed by atoms with Crippen LogP contribution in [0.25, 0.3) is 21.4 Å². The van der Waals surface area contributed by atoms with Gasteiger partial charge >= 0.3 is 11.6 Å². The van der Waals surface area contributed by atoms with Gasteiger partial charge < -0.3 is 19.7 Å².